The third kappa shape index (κ3) is 4.66. The number of Topliss-reactive ketones (excluding diaryl/α,β-unsaturated/α-hetero) is 1. The number of halogens is 1. The predicted molar refractivity (Wildman–Crippen MR) is 119 cm³/mol. The van der Waals surface area contributed by atoms with Gasteiger partial charge in [0.1, 0.15) is 16.1 Å². The van der Waals surface area contributed by atoms with Crippen molar-refractivity contribution in [1.82, 2.24) is 20.1 Å². The first-order chi connectivity index (χ1) is 14.8. The Morgan fingerprint density at radius 2 is 2.03 bits per heavy atom. The fourth-order valence-electron chi connectivity index (χ4n) is 3.55. The molecule has 0 fully saturated rings. The van der Waals surface area contributed by atoms with Gasteiger partial charge >= 0.3 is 0 Å². The van der Waals surface area contributed by atoms with E-state index in [1.165, 1.54) is 11.3 Å². The van der Waals surface area contributed by atoms with Crippen molar-refractivity contribution in [3.8, 4) is 11.4 Å². The number of pyridine rings is 1. The number of rotatable bonds is 7. The summed E-state index contributed by atoms with van der Waals surface area (Å²) < 4.78 is 10.6. The maximum atomic E-state index is 13.0. The van der Waals surface area contributed by atoms with Crippen LogP contribution in [0.5, 0.6) is 0 Å². The van der Waals surface area contributed by atoms with Crippen LogP contribution in [0.1, 0.15) is 40.6 Å². The van der Waals surface area contributed by atoms with Crippen molar-refractivity contribution >= 4 is 39.1 Å². The largest absolute Gasteiger partial charge is 0.377 e. The summed E-state index contributed by atoms with van der Waals surface area (Å²) in [6, 6.07) is 5.39. The van der Waals surface area contributed by atoms with Crippen molar-refractivity contribution < 1.29 is 14.1 Å². The van der Waals surface area contributed by atoms with Crippen LogP contribution in [-0.4, -0.2) is 33.0 Å². The Hall–Kier alpha value is -2.68. The molecule has 0 unspecified atom stereocenters. The Kier molecular flexibility index (Phi) is 6.13. The molecule has 4 rings (SSSR count). The molecule has 0 bridgehead atoms. The van der Waals surface area contributed by atoms with Gasteiger partial charge in [0.15, 0.2) is 0 Å². The smallest absolute Gasteiger partial charge is 0.223 e. The summed E-state index contributed by atoms with van der Waals surface area (Å²) in [6.45, 7) is 5.62. The second-order valence-electron chi connectivity index (χ2n) is 7.34. The van der Waals surface area contributed by atoms with E-state index < -0.39 is 0 Å². The van der Waals surface area contributed by atoms with E-state index in [1.54, 1.807) is 32.4 Å². The number of ketones is 1. The van der Waals surface area contributed by atoms with Crippen molar-refractivity contribution in [2.24, 2.45) is 0 Å². The lowest BCUT2D eigenvalue weighted by molar-refractivity contribution is -0.117. The van der Waals surface area contributed by atoms with Crippen LogP contribution >= 0.6 is 22.9 Å². The van der Waals surface area contributed by atoms with E-state index in [1.807, 2.05) is 19.9 Å². The summed E-state index contributed by atoms with van der Waals surface area (Å²) in [6.07, 6.45) is 2.01. The van der Waals surface area contributed by atoms with Crippen molar-refractivity contribution in [3.05, 3.63) is 57.0 Å². The summed E-state index contributed by atoms with van der Waals surface area (Å²) in [4.78, 5) is 27.2. The number of aromatic nitrogens is 4. The first-order valence-corrected chi connectivity index (χ1v) is 10.9. The SMILES string of the molecule is CO[C@@H](C)c1c(CC(=O)Cc2cc(Cl)cc(-c3noc(C)n3)c2)cnc2sc(C)nc12. The number of ether oxygens (including phenoxy) is 1. The summed E-state index contributed by atoms with van der Waals surface area (Å²) in [5, 5.41) is 5.37. The van der Waals surface area contributed by atoms with Gasteiger partial charge < -0.3 is 9.26 Å². The predicted octanol–water partition coefficient (Wildman–Crippen LogP) is 5.07. The summed E-state index contributed by atoms with van der Waals surface area (Å²) in [7, 11) is 1.65. The first kappa shape index (κ1) is 21.5. The zero-order valence-electron chi connectivity index (χ0n) is 17.6. The second-order valence-corrected chi connectivity index (χ2v) is 8.96. The van der Waals surface area contributed by atoms with Gasteiger partial charge in [0.25, 0.3) is 0 Å². The first-order valence-electron chi connectivity index (χ1n) is 9.73. The van der Waals surface area contributed by atoms with E-state index in [-0.39, 0.29) is 24.7 Å². The fraction of sp³-hybridized carbons (Fsp3) is 0.318. The Morgan fingerprint density at radius 1 is 1.23 bits per heavy atom. The molecule has 160 valence electrons. The maximum absolute atomic E-state index is 13.0. The molecule has 1 aromatic carbocycles. The number of thiazole rings is 1. The van der Waals surface area contributed by atoms with E-state index >= 15 is 0 Å². The van der Waals surface area contributed by atoms with E-state index in [2.05, 4.69) is 20.1 Å². The van der Waals surface area contributed by atoms with Crippen LogP contribution in [0.3, 0.4) is 0 Å². The minimum Gasteiger partial charge on any atom is -0.377 e. The number of carbonyl (C=O) groups excluding carboxylic acids is 1. The van der Waals surface area contributed by atoms with E-state index in [0.717, 1.165) is 32.0 Å². The number of nitrogens with zero attached hydrogens (tertiary/aromatic N) is 4. The standard InChI is InChI=1S/C22H21ClN4O3S/c1-11(29-4)19-16(10-24-22-20(19)26-13(3)31-22)9-18(28)7-14-5-15(8-17(23)6-14)21-25-12(2)30-27-21/h5-6,8,10-11H,7,9H2,1-4H3/t11-/m0/s1. The summed E-state index contributed by atoms with van der Waals surface area (Å²) >= 11 is 7.80. The lowest BCUT2D eigenvalue weighted by atomic mass is 9.97. The number of methoxy groups -OCH3 is 1. The molecule has 0 aliphatic carbocycles. The van der Waals surface area contributed by atoms with E-state index in [9.17, 15) is 4.79 Å². The second kappa shape index (κ2) is 8.82. The summed E-state index contributed by atoms with van der Waals surface area (Å²) in [5.74, 6) is 0.946. The third-order valence-electron chi connectivity index (χ3n) is 4.95. The van der Waals surface area contributed by atoms with Crippen LogP contribution in [0.15, 0.2) is 28.9 Å². The molecular formula is C22H21ClN4O3S. The zero-order valence-corrected chi connectivity index (χ0v) is 19.2. The highest BCUT2D eigenvalue weighted by Gasteiger charge is 2.20. The minimum absolute atomic E-state index is 0.0372. The lowest BCUT2D eigenvalue weighted by Gasteiger charge is -2.15. The number of benzene rings is 1. The highest BCUT2D eigenvalue weighted by Crippen LogP contribution is 2.31. The van der Waals surface area contributed by atoms with Crippen LogP contribution in [0.25, 0.3) is 21.7 Å². The van der Waals surface area contributed by atoms with Gasteiger partial charge in [-0.05, 0) is 43.2 Å². The molecule has 9 heteroatoms. The molecule has 1 atom stereocenters. The van der Waals surface area contributed by atoms with Crippen LogP contribution in [0, 0.1) is 13.8 Å². The van der Waals surface area contributed by atoms with Crippen molar-refractivity contribution in [2.75, 3.05) is 7.11 Å². The number of fused-ring (bicyclic) bond motifs is 1. The maximum Gasteiger partial charge on any atom is 0.223 e. The third-order valence-corrected chi connectivity index (χ3v) is 6.04. The number of carbonyl (C=O) groups is 1. The molecule has 3 heterocycles. The molecule has 31 heavy (non-hydrogen) atoms. The Morgan fingerprint density at radius 3 is 2.74 bits per heavy atom. The summed E-state index contributed by atoms with van der Waals surface area (Å²) in [5.41, 5.74) is 4.05. The lowest BCUT2D eigenvalue weighted by Crippen LogP contribution is -2.11. The van der Waals surface area contributed by atoms with Crippen molar-refractivity contribution in [1.29, 1.82) is 0 Å². The zero-order chi connectivity index (χ0) is 22.1. The molecule has 3 aromatic heterocycles. The molecule has 4 aromatic rings. The van der Waals surface area contributed by atoms with Crippen molar-refractivity contribution in [3.63, 3.8) is 0 Å². The quantitative estimate of drug-likeness (QED) is 0.383. The highest BCUT2D eigenvalue weighted by molar-refractivity contribution is 7.18. The Balaban J connectivity index is 1.61. The molecule has 0 saturated heterocycles. The molecule has 0 amide bonds. The Bertz CT molecular complexity index is 1270. The molecule has 0 aliphatic rings. The van der Waals surface area contributed by atoms with Crippen LogP contribution in [0.4, 0.5) is 0 Å². The average Bonchev–Trinajstić information content (AvgIpc) is 3.31. The van der Waals surface area contributed by atoms with Gasteiger partial charge in [-0.1, -0.05) is 28.1 Å². The topological polar surface area (TPSA) is 91.0 Å². The normalized spacial score (nSPS) is 12.4. The van der Waals surface area contributed by atoms with E-state index in [4.69, 9.17) is 20.9 Å². The van der Waals surface area contributed by atoms with Gasteiger partial charge in [-0.15, -0.1) is 0 Å². The average molecular weight is 457 g/mol. The van der Waals surface area contributed by atoms with Crippen LogP contribution < -0.4 is 0 Å². The molecular weight excluding hydrogens is 436 g/mol. The molecule has 0 N–H and O–H groups in total. The Labute approximate surface area is 188 Å². The monoisotopic (exact) mass is 456 g/mol. The number of aryl methyl sites for hydroxylation is 2. The van der Waals surface area contributed by atoms with E-state index in [0.29, 0.717) is 22.3 Å². The molecule has 7 nitrogen and oxygen atoms in total. The molecule has 0 saturated carbocycles. The van der Waals surface area contributed by atoms with Gasteiger partial charge in [0.05, 0.1) is 11.1 Å². The van der Waals surface area contributed by atoms with Gasteiger partial charge in [-0.25, -0.2) is 9.97 Å². The number of hydrogen-bond donors (Lipinski definition) is 0. The molecule has 0 aliphatic heterocycles. The van der Waals surface area contributed by atoms with Crippen LogP contribution in [0.2, 0.25) is 5.02 Å². The number of hydrogen-bond acceptors (Lipinski definition) is 8. The van der Waals surface area contributed by atoms with Gasteiger partial charge in [-0.2, -0.15) is 4.98 Å². The highest BCUT2D eigenvalue weighted by atomic mass is 35.5. The fourth-order valence-corrected chi connectivity index (χ4v) is 4.58. The van der Waals surface area contributed by atoms with Gasteiger partial charge in [0, 0.05) is 49.2 Å². The van der Waals surface area contributed by atoms with Gasteiger partial charge in [-0.3, -0.25) is 4.79 Å². The minimum atomic E-state index is -0.200. The molecule has 0 radical (unpaired) electrons. The molecule has 0 spiro atoms. The van der Waals surface area contributed by atoms with Crippen molar-refractivity contribution in [2.45, 2.75) is 39.7 Å². The van der Waals surface area contributed by atoms with Gasteiger partial charge in [0.2, 0.25) is 11.7 Å². The van der Waals surface area contributed by atoms with Crippen LogP contribution in [-0.2, 0) is 22.4 Å².